The SMILES string of the molecule is CC(C(=O)c1ccc(Br)cc1)N(C(=O)O)C(C)(C)C. The molecule has 0 aliphatic heterocycles. The predicted molar refractivity (Wildman–Crippen MR) is 77.6 cm³/mol. The van der Waals surface area contributed by atoms with Crippen molar-refractivity contribution in [3.63, 3.8) is 0 Å². The van der Waals surface area contributed by atoms with E-state index in [0.29, 0.717) is 5.56 Å². The number of ketones is 1. The van der Waals surface area contributed by atoms with Gasteiger partial charge in [0.25, 0.3) is 0 Å². The average Bonchev–Trinajstić information content (AvgIpc) is 2.26. The smallest absolute Gasteiger partial charge is 0.408 e. The molecule has 1 rings (SSSR count). The van der Waals surface area contributed by atoms with Gasteiger partial charge in [0.15, 0.2) is 5.78 Å². The Balaban J connectivity index is 3.04. The minimum Gasteiger partial charge on any atom is -0.465 e. The zero-order valence-corrected chi connectivity index (χ0v) is 13.1. The zero-order chi connectivity index (χ0) is 14.8. The van der Waals surface area contributed by atoms with E-state index < -0.39 is 17.7 Å². The zero-order valence-electron chi connectivity index (χ0n) is 11.5. The Kier molecular flexibility index (Phi) is 4.74. The molecule has 0 saturated carbocycles. The van der Waals surface area contributed by atoms with Crippen molar-refractivity contribution in [1.82, 2.24) is 4.90 Å². The number of carbonyl (C=O) groups is 2. The first-order chi connectivity index (χ1) is 8.64. The number of Topliss-reactive ketones (excluding diaryl/α,β-unsaturated/α-hetero) is 1. The van der Waals surface area contributed by atoms with Crippen molar-refractivity contribution in [2.45, 2.75) is 39.3 Å². The van der Waals surface area contributed by atoms with Crippen molar-refractivity contribution in [1.29, 1.82) is 0 Å². The molecular weight excluding hydrogens is 310 g/mol. The summed E-state index contributed by atoms with van der Waals surface area (Å²) in [6.45, 7) is 6.93. The molecule has 0 aliphatic carbocycles. The van der Waals surface area contributed by atoms with E-state index in [-0.39, 0.29) is 5.78 Å². The Morgan fingerprint density at radius 3 is 2.05 bits per heavy atom. The van der Waals surface area contributed by atoms with Crippen LogP contribution in [0.2, 0.25) is 0 Å². The third-order valence-electron chi connectivity index (χ3n) is 2.82. The highest BCUT2D eigenvalue weighted by molar-refractivity contribution is 9.10. The Morgan fingerprint density at radius 2 is 1.68 bits per heavy atom. The summed E-state index contributed by atoms with van der Waals surface area (Å²) in [5, 5.41) is 9.29. The van der Waals surface area contributed by atoms with Crippen LogP contribution in [-0.2, 0) is 0 Å². The van der Waals surface area contributed by atoms with E-state index in [4.69, 9.17) is 0 Å². The maximum absolute atomic E-state index is 12.3. The summed E-state index contributed by atoms with van der Waals surface area (Å²) in [5.74, 6) is -0.204. The lowest BCUT2D eigenvalue weighted by Gasteiger charge is -2.37. The molecule has 1 amide bonds. The summed E-state index contributed by atoms with van der Waals surface area (Å²) in [7, 11) is 0. The molecule has 104 valence electrons. The molecule has 0 bridgehead atoms. The summed E-state index contributed by atoms with van der Waals surface area (Å²) in [5.41, 5.74) is -0.123. The number of halogens is 1. The second-order valence-electron chi connectivity index (χ2n) is 5.37. The molecule has 0 heterocycles. The molecule has 0 fully saturated rings. The Bertz CT molecular complexity index is 476. The minimum absolute atomic E-state index is 0.204. The summed E-state index contributed by atoms with van der Waals surface area (Å²) >= 11 is 3.30. The second kappa shape index (κ2) is 5.74. The van der Waals surface area contributed by atoms with Gasteiger partial charge in [-0.3, -0.25) is 9.69 Å². The first-order valence-corrected chi connectivity index (χ1v) is 6.76. The van der Waals surface area contributed by atoms with Gasteiger partial charge in [-0.15, -0.1) is 0 Å². The van der Waals surface area contributed by atoms with E-state index in [0.717, 1.165) is 4.47 Å². The molecule has 0 spiro atoms. The molecule has 1 atom stereocenters. The van der Waals surface area contributed by atoms with E-state index in [1.807, 2.05) is 0 Å². The Morgan fingerprint density at radius 1 is 1.21 bits per heavy atom. The lowest BCUT2D eigenvalue weighted by atomic mass is 9.98. The monoisotopic (exact) mass is 327 g/mol. The lowest BCUT2D eigenvalue weighted by molar-refractivity contribution is 0.0589. The number of rotatable bonds is 3. The average molecular weight is 328 g/mol. The van der Waals surface area contributed by atoms with Crippen LogP contribution in [0.25, 0.3) is 0 Å². The van der Waals surface area contributed by atoms with Crippen molar-refractivity contribution in [3.05, 3.63) is 34.3 Å². The van der Waals surface area contributed by atoms with Gasteiger partial charge in [0.05, 0.1) is 6.04 Å². The predicted octanol–water partition coefficient (Wildman–Crippen LogP) is 3.80. The van der Waals surface area contributed by atoms with Crippen LogP contribution >= 0.6 is 15.9 Å². The van der Waals surface area contributed by atoms with Crippen LogP contribution in [0.4, 0.5) is 4.79 Å². The number of nitrogens with zero attached hydrogens (tertiary/aromatic N) is 1. The van der Waals surface area contributed by atoms with Crippen LogP contribution in [0.1, 0.15) is 38.1 Å². The maximum atomic E-state index is 12.3. The normalized spacial score (nSPS) is 12.9. The van der Waals surface area contributed by atoms with Crippen molar-refractivity contribution in [2.75, 3.05) is 0 Å². The van der Waals surface area contributed by atoms with Gasteiger partial charge < -0.3 is 5.11 Å². The van der Waals surface area contributed by atoms with E-state index in [9.17, 15) is 14.7 Å². The first kappa shape index (κ1) is 15.7. The van der Waals surface area contributed by atoms with Crippen molar-refractivity contribution < 1.29 is 14.7 Å². The number of benzene rings is 1. The van der Waals surface area contributed by atoms with Crippen LogP contribution in [0.5, 0.6) is 0 Å². The van der Waals surface area contributed by atoms with Gasteiger partial charge in [0.2, 0.25) is 0 Å². The number of amides is 1. The molecule has 1 aromatic rings. The summed E-state index contributed by atoms with van der Waals surface area (Å²) in [4.78, 5) is 24.8. The third kappa shape index (κ3) is 3.80. The van der Waals surface area contributed by atoms with Gasteiger partial charge in [0.1, 0.15) is 0 Å². The molecule has 4 nitrogen and oxygen atoms in total. The number of carboxylic acid groups (broad SMARTS) is 1. The molecule has 1 unspecified atom stereocenters. The summed E-state index contributed by atoms with van der Waals surface area (Å²) in [6, 6.07) is 6.18. The summed E-state index contributed by atoms with van der Waals surface area (Å²) in [6.07, 6.45) is -1.09. The van der Waals surface area contributed by atoms with Gasteiger partial charge in [-0.25, -0.2) is 4.79 Å². The van der Waals surface area contributed by atoms with Crippen LogP contribution in [0.15, 0.2) is 28.7 Å². The first-order valence-electron chi connectivity index (χ1n) is 5.96. The molecule has 19 heavy (non-hydrogen) atoms. The molecule has 5 heteroatoms. The quantitative estimate of drug-likeness (QED) is 0.859. The fourth-order valence-electron chi connectivity index (χ4n) is 2.01. The largest absolute Gasteiger partial charge is 0.465 e. The molecule has 0 saturated heterocycles. The molecule has 1 aromatic carbocycles. The second-order valence-corrected chi connectivity index (χ2v) is 6.29. The lowest BCUT2D eigenvalue weighted by Crippen LogP contribution is -2.52. The standard InChI is InChI=1S/C14H18BrNO3/c1-9(16(13(18)19)14(2,3)4)12(17)10-5-7-11(15)8-6-10/h5-9H,1-4H3,(H,18,19). The van der Waals surface area contributed by atoms with Crippen molar-refractivity contribution in [3.8, 4) is 0 Å². The highest BCUT2D eigenvalue weighted by Crippen LogP contribution is 2.21. The highest BCUT2D eigenvalue weighted by Gasteiger charge is 2.34. The fraction of sp³-hybridized carbons (Fsp3) is 0.429. The van der Waals surface area contributed by atoms with Gasteiger partial charge in [-0.05, 0) is 39.8 Å². The minimum atomic E-state index is -1.09. The number of hydrogen-bond donors (Lipinski definition) is 1. The van der Waals surface area contributed by atoms with Crippen LogP contribution in [0, 0.1) is 0 Å². The van der Waals surface area contributed by atoms with E-state index >= 15 is 0 Å². The van der Waals surface area contributed by atoms with Crippen molar-refractivity contribution in [2.24, 2.45) is 0 Å². The van der Waals surface area contributed by atoms with Gasteiger partial charge >= 0.3 is 6.09 Å². The number of carbonyl (C=O) groups excluding carboxylic acids is 1. The molecule has 0 aliphatic rings. The van der Waals surface area contributed by atoms with Crippen LogP contribution in [-0.4, -0.2) is 33.5 Å². The fourth-order valence-corrected chi connectivity index (χ4v) is 2.27. The highest BCUT2D eigenvalue weighted by atomic mass is 79.9. The Labute approximate surface area is 121 Å². The molecule has 0 aromatic heterocycles. The van der Waals surface area contributed by atoms with Gasteiger partial charge in [-0.2, -0.15) is 0 Å². The summed E-state index contributed by atoms with van der Waals surface area (Å²) < 4.78 is 0.877. The maximum Gasteiger partial charge on any atom is 0.408 e. The Hall–Kier alpha value is -1.36. The number of hydrogen-bond acceptors (Lipinski definition) is 2. The van der Waals surface area contributed by atoms with E-state index in [1.165, 1.54) is 4.90 Å². The van der Waals surface area contributed by atoms with Crippen LogP contribution in [0.3, 0.4) is 0 Å². The topological polar surface area (TPSA) is 57.6 Å². The van der Waals surface area contributed by atoms with Crippen molar-refractivity contribution >= 4 is 27.8 Å². The van der Waals surface area contributed by atoms with E-state index in [2.05, 4.69) is 15.9 Å². The third-order valence-corrected chi connectivity index (χ3v) is 3.35. The van der Waals surface area contributed by atoms with Gasteiger partial charge in [-0.1, -0.05) is 28.1 Å². The van der Waals surface area contributed by atoms with Crippen LogP contribution < -0.4 is 0 Å². The van der Waals surface area contributed by atoms with Gasteiger partial charge in [0, 0.05) is 15.6 Å². The molecule has 1 N–H and O–H groups in total. The van der Waals surface area contributed by atoms with E-state index in [1.54, 1.807) is 52.0 Å². The molecular formula is C14H18BrNO3. The molecule has 0 radical (unpaired) electrons.